The highest BCUT2D eigenvalue weighted by atomic mass is 32.2. The van der Waals surface area contributed by atoms with E-state index in [0.717, 1.165) is 23.2 Å². The van der Waals surface area contributed by atoms with E-state index in [1.807, 2.05) is 6.07 Å². The van der Waals surface area contributed by atoms with Crippen LogP contribution in [0.4, 0.5) is 10.1 Å². The van der Waals surface area contributed by atoms with Crippen LogP contribution in [0.1, 0.15) is 0 Å². The van der Waals surface area contributed by atoms with E-state index in [-0.39, 0.29) is 5.82 Å². The number of hydrogen-bond donors (Lipinski definition) is 1. The first-order valence-corrected chi connectivity index (χ1v) is 5.03. The van der Waals surface area contributed by atoms with Crippen LogP contribution in [0.15, 0.2) is 29.3 Å². The van der Waals surface area contributed by atoms with Gasteiger partial charge in [-0.25, -0.2) is 4.39 Å². The molecule has 1 aromatic carbocycles. The topological polar surface area (TPSA) is 24.4 Å². The predicted octanol–water partition coefficient (Wildman–Crippen LogP) is 2.34. The maximum Gasteiger partial charge on any atom is 0.161 e. The Labute approximate surface area is 80.3 Å². The molecule has 0 fully saturated rings. The molecule has 0 bridgehead atoms. The third-order valence-corrected chi connectivity index (χ3v) is 2.55. The Morgan fingerprint density at radius 2 is 2.38 bits per heavy atom. The van der Waals surface area contributed by atoms with E-state index in [9.17, 15) is 4.39 Å². The van der Waals surface area contributed by atoms with Crippen molar-refractivity contribution in [2.45, 2.75) is 0 Å². The number of halogens is 1. The molecule has 1 heterocycles. The SMILES string of the molecule is Fc1cccc(NC2=NCCS2)c1. The van der Waals surface area contributed by atoms with Gasteiger partial charge in [-0.1, -0.05) is 17.8 Å². The maximum absolute atomic E-state index is 12.8. The van der Waals surface area contributed by atoms with Crippen LogP contribution in [-0.4, -0.2) is 17.5 Å². The van der Waals surface area contributed by atoms with E-state index in [0.29, 0.717) is 0 Å². The number of hydrogen-bond acceptors (Lipinski definition) is 3. The van der Waals surface area contributed by atoms with Crippen molar-refractivity contribution in [3.8, 4) is 0 Å². The van der Waals surface area contributed by atoms with Gasteiger partial charge < -0.3 is 5.32 Å². The second kappa shape index (κ2) is 3.79. The van der Waals surface area contributed by atoms with Crippen LogP contribution in [0.3, 0.4) is 0 Å². The lowest BCUT2D eigenvalue weighted by molar-refractivity contribution is 0.628. The molecule has 0 unspecified atom stereocenters. The highest BCUT2D eigenvalue weighted by Crippen LogP contribution is 2.16. The van der Waals surface area contributed by atoms with Gasteiger partial charge in [0.2, 0.25) is 0 Å². The number of rotatable bonds is 1. The van der Waals surface area contributed by atoms with E-state index in [1.54, 1.807) is 17.8 Å². The van der Waals surface area contributed by atoms with E-state index in [2.05, 4.69) is 10.3 Å². The van der Waals surface area contributed by atoms with Crippen molar-refractivity contribution in [2.24, 2.45) is 4.99 Å². The van der Waals surface area contributed by atoms with Crippen LogP contribution in [0.2, 0.25) is 0 Å². The standard InChI is InChI=1S/C9H9FN2S/c10-7-2-1-3-8(6-7)12-9-11-4-5-13-9/h1-3,6H,4-5H2,(H,11,12). The minimum Gasteiger partial charge on any atom is -0.335 e. The fourth-order valence-electron chi connectivity index (χ4n) is 1.10. The number of thioether (sulfide) groups is 1. The second-order valence-electron chi connectivity index (χ2n) is 2.67. The molecule has 0 aliphatic carbocycles. The molecule has 1 N–H and O–H groups in total. The number of anilines is 1. The molecule has 2 nitrogen and oxygen atoms in total. The van der Waals surface area contributed by atoms with Gasteiger partial charge in [-0.05, 0) is 18.2 Å². The summed E-state index contributed by atoms with van der Waals surface area (Å²) in [7, 11) is 0. The molecule has 2 rings (SSSR count). The number of nitrogens with one attached hydrogen (secondary N) is 1. The average molecular weight is 196 g/mol. The smallest absolute Gasteiger partial charge is 0.161 e. The first-order valence-electron chi connectivity index (χ1n) is 4.04. The van der Waals surface area contributed by atoms with Crippen LogP contribution >= 0.6 is 11.8 Å². The summed E-state index contributed by atoms with van der Waals surface area (Å²) in [4.78, 5) is 4.21. The average Bonchev–Trinajstić information content (AvgIpc) is 2.57. The predicted molar refractivity (Wildman–Crippen MR) is 54.8 cm³/mol. The fraction of sp³-hybridized carbons (Fsp3) is 0.222. The summed E-state index contributed by atoms with van der Waals surface area (Å²) in [6, 6.07) is 6.39. The van der Waals surface area contributed by atoms with Crippen LogP contribution < -0.4 is 5.32 Å². The van der Waals surface area contributed by atoms with E-state index >= 15 is 0 Å². The van der Waals surface area contributed by atoms with Gasteiger partial charge in [0.05, 0.1) is 6.54 Å². The first kappa shape index (κ1) is 8.56. The molecule has 0 atom stereocenters. The highest BCUT2D eigenvalue weighted by Gasteiger charge is 2.06. The van der Waals surface area contributed by atoms with Crippen LogP contribution in [-0.2, 0) is 0 Å². The molecule has 1 aliphatic rings. The minimum atomic E-state index is -0.228. The summed E-state index contributed by atoms with van der Waals surface area (Å²) < 4.78 is 12.8. The molecule has 68 valence electrons. The summed E-state index contributed by atoms with van der Waals surface area (Å²) in [5.74, 6) is 0.783. The van der Waals surface area contributed by atoms with Gasteiger partial charge in [-0.15, -0.1) is 0 Å². The van der Waals surface area contributed by atoms with Gasteiger partial charge in [0, 0.05) is 11.4 Å². The van der Waals surface area contributed by atoms with Crippen molar-refractivity contribution in [3.63, 3.8) is 0 Å². The van der Waals surface area contributed by atoms with Crippen molar-refractivity contribution < 1.29 is 4.39 Å². The summed E-state index contributed by atoms with van der Waals surface area (Å²) >= 11 is 1.66. The zero-order chi connectivity index (χ0) is 9.10. The molecule has 13 heavy (non-hydrogen) atoms. The Kier molecular flexibility index (Phi) is 2.49. The normalized spacial score (nSPS) is 15.6. The lowest BCUT2D eigenvalue weighted by Gasteiger charge is -2.03. The third-order valence-electron chi connectivity index (χ3n) is 1.66. The van der Waals surface area contributed by atoms with E-state index in [1.165, 1.54) is 12.1 Å². The lowest BCUT2D eigenvalue weighted by Crippen LogP contribution is -2.04. The van der Waals surface area contributed by atoms with E-state index < -0.39 is 0 Å². The van der Waals surface area contributed by atoms with Crippen molar-refractivity contribution in [2.75, 3.05) is 17.6 Å². The molecule has 4 heteroatoms. The van der Waals surface area contributed by atoms with Crippen molar-refractivity contribution >= 4 is 22.6 Å². The molecule has 0 saturated heterocycles. The number of nitrogens with zero attached hydrogens (tertiary/aromatic N) is 1. The summed E-state index contributed by atoms with van der Waals surface area (Å²) in [5.41, 5.74) is 0.758. The maximum atomic E-state index is 12.8. The summed E-state index contributed by atoms with van der Waals surface area (Å²) in [6.07, 6.45) is 0. The minimum absolute atomic E-state index is 0.228. The van der Waals surface area contributed by atoms with Gasteiger partial charge in [0.25, 0.3) is 0 Å². The number of amidine groups is 1. The number of benzene rings is 1. The van der Waals surface area contributed by atoms with Gasteiger partial charge in [-0.2, -0.15) is 0 Å². The Hall–Kier alpha value is -1.03. The van der Waals surface area contributed by atoms with Gasteiger partial charge in [0.1, 0.15) is 5.82 Å². The largest absolute Gasteiger partial charge is 0.335 e. The second-order valence-corrected chi connectivity index (χ2v) is 3.75. The van der Waals surface area contributed by atoms with Gasteiger partial charge in [-0.3, -0.25) is 4.99 Å². The molecule has 1 aliphatic heterocycles. The zero-order valence-electron chi connectivity index (χ0n) is 6.96. The molecule has 0 amide bonds. The fourth-order valence-corrected chi connectivity index (χ4v) is 1.85. The monoisotopic (exact) mass is 196 g/mol. The molecule has 0 saturated carbocycles. The van der Waals surface area contributed by atoms with E-state index in [4.69, 9.17) is 0 Å². The quantitative estimate of drug-likeness (QED) is 0.745. The van der Waals surface area contributed by atoms with Gasteiger partial charge in [0.15, 0.2) is 5.17 Å². The Morgan fingerprint density at radius 1 is 1.46 bits per heavy atom. The van der Waals surface area contributed by atoms with Gasteiger partial charge >= 0.3 is 0 Å². The summed E-state index contributed by atoms with van der Waals surface area (Å²) in [6.45, 7) is 0.850. The summed E-state index contributed by atoms with van der Waals surface area (Å²) in [5, 5.41) is 3.93. The lowest BCUT2D eigenvalue weighted by atomic mass is 10.3. The molecule has 1 aromatic rings. The van der Waals surface area contributed by atoms with Crippen LogP contribution in [0.25, 0.3) is 0 Å². The Bertz CT molecular complexity index is 338. The molecular formula is C9H9FN2S. The van der Waals surface area contributed by atoms with Crippen molar-refractivity contribution in [1.82, 2.24) is 0 Å². The number of aliphatic imine (C=N–C) groups is 1. The van der Waals surface area contributed by atoms with Crippen molar-refractivity contribution in [3.05, 3.63) is 30.1 Å². The molecule has 0 radical (unpaired) electrons. The van der Waals surface area contributed by atoms with Crippen LogP contribution in [0, 0.1) is 5.82 Å². The Balaban J connectivity index is 2.09. The van der Waals surface area contributed by atoms with Crippen LogP contribution in [0.5, 0.6) is 0 Å². The molecular weight excluding hydrogens is 187 g/mol. The molecule has 0 spiro atoms. The first-order chi connectivity index (χ1) is 6.34. The van der Waals surface area contributed by atoms with Crippen molar-refractivity contribution in [1.29, 1.82) is 0 Å². The zero-order valence-corrected chi connectivity index (χ0v) is 7.77. The molecule has 0 aromatic heterocycles. The Morgan fingerprint density at radius 3 is 3.08 bits per heavy atom. The third kappa shape index (κ3) is 2.21. The highest BCUT2D eigenvalue weighted by molar-refractivity contribution is 8.14.